The Kier molecular flexibility index (Phi) is 2.55. The third-order valence-electron chi connectivity index (χ3n) is 2.50. The van der Waals surface area contributed by atoms with Gasteiger partial charge in [0, 0.05) is 14.1 Å². The predicted molar refractivity (Wildman–Crippen MR) is 61.0 cm³/mol. The van der Waals surface area contributed by atoms with Crippen LogP contribution in [0.4, 0.5) is 5.82 Å². The van der Waals surface area contributed by atoms with E-state index in [2.05, 4.69) is 25.6 Å². The molecule has 0 atom stereocenters. The lowest BCUT2D eigenvalue weighted by atomic mass is 10.2. The van der Waals surface area contributed by atoms with Crippen molar-refractivity contribution >= 4 is 5.82 Å². The summed E-state index contributed by atoms with van der Waals surface area (Å²) in [7, 11) is 3.66. The first kappa shape index (κ1) is 10.5. The second kappa shape index (κ2) is 3.88. The smallest absolute Gasteiger partial charge is 0.154 e. The zero-order valence-corrected chi connectivity index (χ0v) is 9.81. The first-order valence-corrected chi connectivity index (χ1v) is 5.01. The molecule has 2 rings (SSSR count). The molecule has 0 bridgehead atoms. The van der Waals surface area contributed by atoms with Crippen LogP contribution in [-0.4, -0.2) is 32.0 Å². The summed E-state index contributed by atoms with van der Waals surface area (Å²) in [5, 5.41) is 10.8. The largest absolute Gasteiger partial charge is 0.371 e. The number of rotatable bonds is 2. The lowest BCUT2D eigenvalue weighted by Gasteiger charge is -2.09. The van der Waals surface area contributed by atoms with Crippen LogP contribution in [0.25, 0.3) is 11.4 Å². The average molecular weight is 218 g/mol. The first-order chi connectivity index (χ1) is 7.63. The highest BCUT2D eigenvalue weighted by atomic mass is 15.4. The molecule has 84 valence electrons. The molecular formula is C10H14N6. The van der Waals surface area contributed by atoms with E-state index in [1.165, 1.54) is 0 Å². The van der Waals surface area contributed by atoms with Crippen LogP contribution in [0.5, 0.6) is 0 Å². The Labute approximate surface area is 93.7 Å². The van der Waals surface area contributed by atoms with E-state index in [0.717, 1.165) is 28.6 Å². The zero-order valence-electron chi connectivity index (χ0n) is 9.81. The molecule has 1 N–H and O–H groups in total. The molecule has 0 saturated heterocycles. The molecule has 0 fully saturated rings. The van der Waals surface area contributed by atoms with Gasteiger partial charge in [-0.3, -0.25) is 0 Å². The van der Waals surface area contributed by atoms with Crippen LogP contribution in [0.1, 0.15) is 11.4 Å². The SMILES string of the molecule is CNc1nc(C)c(C)nc1-c1cnnn1C. The second-order valence-electron chi connectivity index (χ2n) is 3.58. The molecule has 2 heterocycles. The molecule has 2 aromatic rings. The minimum absolute atomic E-state index is 0.744. The van der Waals surface area contributed by atoms with Gasteiger partial charge in [0.15, 0.2) is 5.82 Å². The fourth-order valence-corrected chi connectivity index (χ4v) is 1.46. The summed E-state index contributed by atoms with van der Waals surface area (Å²) < 4.78 is 1.68. The van der Waals surface area contributed by atoms with Crippen molar-refractivity contribution in [2.45, 2.75) is 13.8 Å². The molecule has 0 saturated carbocycles. The fourth-order valence-electron chi connectivity index (χ4n) is 1.46. The van der Waals surface area contributed by atoms with Crippen molar-refractivity contribution in [3.05, 3.63) is 17.6 Å². The van der Waals surface area contributed by atoms with Crippen LogP contribution in [0.2, 0.25) is 0 Å². The van der Waals surface area contributed by atoms with E-state index in [-0.39, 0.29) is 0 Å². The molecule has 6 nitrogen and oxygen atoms in total. The van der Waals surface area contributed by atoms with Crippen molar-refractivity contribution in [1.82, 2.24) is 25.0 Å². The van der Waals surface area contributed by atoms with Crippen LogP contribution in [-0.2, 0) is 7.05 Å². The normalized spacial score (nSPS) is 10.5. The number of nitrogens with zero attached hydrogens (tertiary/aromatic N) is 5. The Balaban J connectivity index is 2.64. The van der Waals surface area contributed by atoms with Crippen molar-refractivity contribution < 1.29 is 0 Å². The number of hydrogen-bond donors (Lipinski definition) is 1. The van der Waals surface area contributed by atoms with E-state index in [9.17, 15) is 0 Å². The van der Waals surface area contributed by atoms with Gasteiger partial charge in [0.25, 0.3) is 0 Å². The maximum absolute atomic E-state index is 4.52. The second-order valence-corrected chi connectivity index (χ2v) is 3.58. The molecule has 2 aromatic heterocycles. The summed E-state index contributed by atoms with van der Waals surface area (Å²) in [4.78, 5) is 8.97. The highest BCUT2D eigenvalue weighted by Crippen LogP contribution is 2.23. The summed E-state index contributed by atoms with van der Waals surface area (Å²) >= 11 is 0. The highest BCUT2D eigenvalue weighted by molar-refractivity contribution is 5.68. The molecule has 6 heteroatoms. The number of nitrogens with one attached hydrogen (secondary N) is 1. The minimum Gasteiger partial charge on any atom is -0.371 e. The monoisotopic (exact) mass is 218 g/mol. The molecule has 16 heavy (non-hydrogen) atoms. The first-order valence-electron chi connectivity index (χ1n) is 5.01. The van der Waals surface area contributed by atoms with Gasteiger partial charge in [0.05, 0.1) is 17.6 Å². The lowest BCUT2D eigenvalue weighted by molar-refractivity contribution is 0.718. The van der Waals surface area contributed by atoms with Gasteiger partial charge in [0.1, 0.15) is 11.4 Å². The third kappa shape index (κ3) is 1.62. The molecule has 0 aliphatic heterocycles. The number of aryl methyl sites for hydroxylation is 3. The minimum atomic E-state index is 0.744. The highest BCUT2D eigenvalue weighted by Gasteiger charge is 2.13. The molecule has 0 spiro atoms. The van der Waals surface area contributed by atoms with Crippen molar-refractivity contribution in [2.75, 3.05) is 12.4 Å². The predicted octanol–water partition coefficient (Wildman–Crippen LogP) is 0.931. The van der Waals surface area contributed by atoms with Gasteiger partial charge in [-0.25, -0.2) is 14.6 Å². The van der Waals surface area contributed by atoms with E-state index in [0.29, 0.717) is 0 Å². The maximum Gasteiger partial charge on any atom is 0.154 e. The van der Waals surface area contributed by atoms with E-state index < -0.39 is 0 Å². The number of hydrogen-bond acceptors (Lipinski definition) is 5. The summed E-state index contributed by atoms with van der Waals surface area (Å²) in [5.74, 6) is 0.744. The van der Waals surface area contributed by atoms with E-state index in [1.807, 2.05) is 27.9 Å². The Bertz CT molecular complexity index is 516. The van der Waals surface area contributed by atoms with Gasteiger partial charge in [-0.15, -0.1) is 5.10 Å². The van der Waals surface area contributed by atoms with Crippen molar-refractivity contribution in [3.63, 3.8) is 0 Å². The van der Waals surface area contributed by atoms with Crippen molar-refractivity contribution in [3.8, 4) is 11.4 Å². The van der Waals surface area contributed by atoms with Crippen LogP contribution >= 0.6 is 0 Å². The van der Waals surface area contributed by atoms with E-state index in [1.54, 1.807) is 10.9 Å². The van der Waals surface area contributed by atoms with Gasteiger partial charge < -0.3 is 5.32 Å². The van der Waals surface area contributed by atoms with Crippen LogP contribution in [0, 0.1) is 13.8 Å². The Morgan fingerprint density at radius 1 is 1.19 bits per heavy atom. The number of anilines is 1. The van der Waals surface area contributed by atoms with E-state index in [4.69, 9.17) is 0 Å². The maximum atomic E-state index is 4.52. The van der Waals surface area contributed by atoms with Crippen LogP contribution in [0.3, 0.4) is 0 Å². The number of aromatic nitrogens is 5. The Morgan fingerprint density at radius 3 is 2.44 bits per heavy atom. The Hall–Kier alpha value is -1.98. The van der Waals surface area contributed by atoms with Gasteiger partial charge in [-0.1, -0.05) is 5.21 Å². The van der Waals surface area contributed by atoms with Crippen LogP contribution in [0.15, 0.2) is 6.20 Å². The molecule has 0 aromatic carbocycles. The summed E-state index contributed by atoms with van der Waals surface area (Å²) in [6.07, 6.45) is 1.68. The lowest BCUT2D eigenvalue weighted by Crippen LogP contribution is -2.05. The molecule has 0 amide bonds. The van der Waals surface area contributed by atoms with Gasteiger partial charge in [-0.2, -0.15) is 0 Å². The van der Waals surface area contributed by atoms with Gasteiger partial charge in [-0.05, 0) is 13.8 Å². The molecule has 0 unspecified atom stereocenters. The molecular weight excluding hydrogens is 204 g/mol. The summed E-state index contributed by atoms with van der Waals surface area (Å²) in [6.45, 7) is 3.88. The molecule has 0 radical (unpaired) electrons. The van der Waals surface area contributed by atoms with Gasteiger partial charge >= 0.3 is 0 Å². The Morgan fingerprint density at radius 2 is 1.88 bits per heavy atom. The van der Waals surface area contributed by atoms with Crippen LogP contribution < -0.4 is 5.32 Å². The van der Waals surface area contributed by atoms with E-state index >= 15 is 0 Å². The fraction of sp³-hybridized carbons (Fsp3) is 0.400. The molecule has 0 aliphatic rings. The zero-order chi connectivity index (χ0) is 11.7. The molecule has 0 aliphatic carbocycles. The quantitative estimate of drug-likeness (QED) is 0.812. The average Bonchev–Trinajstić information content (AvgIpc) is 2.68. The standard InChI is InChI=1S/C10H14N6/c1-6-7(2)14-10(11-3)9(13-6)8-5-12-15-16(8)4/h5H,1-4H3,(H,11,14). The summed E-state index contributed by atoms with van der Waals surface area (Å²) in [5.41, 5.74) is 3.46. The van der Waals surface area contributed by atoms with Crippen molar-refractivity contribution in [2.24, 2.45) is 7.05 Å². The summed E-state index contributed by atoms with van der Waals surface area (Å²) in [6, 6.07) is 0. The topological polar surface area (TPSA) is 68.5 Å². The third-order valence-corrected chi connectivity index (χ3v) is 2.50. The van der Waals surface area contributed by atoms with Crippen molar-refractivity contribution in [1.29, 1.82) is 0 Å². The van der Waals surface area contributed by atoms with Gasteiger partial charge in [0.2, 0.25) is 0 Å².